The highest BCUT2D eigenvalue weighted by atomic mass is 19.1. The van der Waals surface area contributed by atoms with Crippen LogP contribution in [0, 0.1) is 17.5 Å². The van der Waals surface area contributed by atoms with Crippen LogP contribution in [0.25, 0.3) is 10.9 Å². The average molecular weight is 863 g/mol. The second-order valence-corrected chi connectivity index (χ2v) is 16.7. The number of imide groups is 2. The number of carbonyl (C=O) groups is 5. The van der Waals surface area contributed by atoms with Crippen LogP contribution in [0.4, 0.5) is 30.4 Å². The van der Waals surface area contributed by atoms with Gasteiger partial charge in [0, 0.05) is 74.2 Å². The number of benzene rings is 4. The van der Waals surface area contributed by atoms with Gasteiger partial charge in [0.2, 0.25) is 11.8 Å². The monoisotopic (exact) mass is 862 g/mol. The number of H-pyrrole nitrogens is 1. The summed E-state index contributed by atoms with van der Waals surface area (Å²) < 4.78 is 48.9. The molecule has 17 heteroatoms. The van der Waals surface area contributed by atoms with Crippen molar-refractivity contribution in [1.29, 1.82) is 0 Å². The predicted molar refractivity (Wildman–Crippen MR) is 227 cm³/mol. The van der Waals surface area contributed by atoms with Crippen molar-refractivity contribution in [1.82, 2.24) is 25.3 Å². The molecule has 3 saturated heterocycles. The highest BCUT2D eigenvalue weighted by molar-refractivity contribution is 6.23. The van der Waals surface area contributed by atoms with Gasteiger partial charge in [0.1, 0.15) is 23.5 Å². The molecule has 0 radical (unpaired) electrons. The van der Waals surface area contributed by atoms with Crippen molar-refractivity contribution in [2.24, 2.45) is 0 Å². The number of fused-ring (bicyclic) bond motifs is 2. The van der Waals surface area contributed by atoms with Crippen molar-refractivity contribution in [2.75, 3.05) is 48.9 Å². The molecule has 1 aromatic heterocycles. The van der Waals surface area contributed by atoms with Gasteiger partial charge < -0.3 is 20.3 Å². The molecule has 3 fully saturated rings. The average Bonchev–Trinajstić information content (AvgIpc) is 3.76. The van der Waals surface area contributed by atoms with Gasteiger partial charge in [-0.15, -0.1) is 0 Å². The Morgan fingerprint density at radius 2 is 1.62 bits per heavy atom. The third-order valence-electron chi connectivity index (χ3n) is 12.5. The van der Waals surface area contributed by atoms with Gasteiger partial charge in [0.15, 0.2) is 5.82 Å². The van der Waals surface area contributed by atoms with Crippen molar-refractivity contribution >= 4 is 57.6 Å². The maximum absolute atomic E-state index is 15.5. The molecule has 5 heterocycles. The zero-order valence-electron chi connectivity index (χ0n) is 34.4. The number of aromatic amines is 1. The van der Waals surface area contributed by atoms with Gasteiger partial charge >= 0.3 is 0 Å². The molecule has 5 aromatic rings. The lowest BCUT2D eigenvalue weighted by Gasteiger charge is -2.38. The normalized spacial score (nSPS) is 18.7. The minimum Gasteiger partial charge on any atom is -0.381 e. The Morgan fingerprint density at radius 3 is 2.37 bits per heavy atom. The van der Waals surface area contributed by atoms with Gasteiger partial charge in [-0.05, 0) is 117 Å². The van der Waals surface area contributed by atoms with Crippen molar-refractivity contribution in [3.8, 4) is 0 Å². The lowest BCUT2D eigenvalue weighted by molar-refractivity contribution is -0.136. The van der Waals surface area contributed by atoms with Gasteiger partial charge in [-0.1, -0.05) is 6.07 Å². The molecule has 9 rings (SSSR count). The summed E-state index contributed by atoms with van der Waals surface area (Å²) in [6.07, 6.45) is 3.35. The van der Waals surface area contributed by atoms with Crippen molar-refractivity contribution in [3.63, 3.8) is 0 Å². The first kappa shape index (κ1) is 41.7. The number of nitrogens with one attached hydrogen (secondary N) is 4. The third kappa shape index (κ3) is 8.62. The van der Waals surface area contributed by atoms with E-state index in [1.165, 1.54) is 24.3 Å². The minimum atomic E-state index is -1.18. The number of amides is 5. The number of anilines is 3. The van der Waals surface area contributed by atoms with Gasteiger partial charge in [-0.2, -0.15) is 5.10 Å². The molecule has 63 heavy (non-hydrogen) atoms. The smallest absolute Gasteiger partial charge is 0.265 e. The zero-order valence-corrected chi connectivity index (χ0v) is 34.4. The van der Waals surface area contributed by atoms with E-state index in [2.05, 4.69) is 35.9 Å². The largest absolute Gasteiger partial charge is 0.381 e. The summed E-state index contributed by atoms with van der Waals surface area (Å²) in [5, 5.41) is 16.7. The molecule has 4 aliphatic heterocycles. The molecule has 0 bridgehead atoms. The van der Waals surface area contributed by atoms with Crippen LogP contribution in [0.1, 0.15) is 86.3 Å². The van der Waals surface area contributed by atoms with E-state index in [4.69, 9.17) is 4.74 Å². The Balaban J connectivity index is 0.872. The number of ether oxygens (including phenoxy) is 1. The first-order chi connectivity index (χ1) is 30.4. The minimum absolute atomic E-state index is 0.0160. The summed E-state index contributed by atoms with van der Waals surface area (Å²) in [6, 6.07) is 16.5. The number of halogens is 3. The fourth-order valence-electron chi connectivity index (χ4n) is 9.17. The van der Waals surface area contributed by atoms with E-state index in [9.17, 15) is 32.8 Å². The number of carbonyl (C=O) groups excluding carboxylic acids is 5. The maximum Gasteiger partial charge on any atom is 0.265 e. The van der Waals surface area contributed by atoms with Crippen LogP contribution in [-0.2, 0) is 27.3 Å². The van der Waals surface area contributed by atoms with Gasteiger partial charge in [0.05, 0.1) is 22.2 Å². The van der Waals surface area contributed by atoms with Gasteiger partial charge in [0.25, 0.3) is 17.7 Å². The molecule has 0 saturated carbocycles. The number of hydrogen-bond donors (Lipinski definition) is 4. The molecule has 4 N–H and O–H groups in total. The first-order valence-electron chi connectivity index (χ1n) is 21.1. The van der Waals surface area contributed by atoms with E-state index >= 15 is 4.39 Å². The van der Waals surface area contributed by atoms with Crippen LogP contribution >= 0.6 is 0 Å². The van der Waals surface area contributed by atoms with E-state index in [-0.39, 0.29) is 48.4 Å². The number of nitrogens with zero attached hydrogens (tertiary/aromatic N) is 4. The van der Waals surface area contributed by atoms with Crippen LogP contribution in [0.2, 0.25) is 0 Å². The lowest BCUT2D eigenvalue weighted by Crippen LogP contribution is -2.54. The van der Waals surface area contributed by atoms with Gasteiger partial charge in [-0.25, -0.2) is 13.2 Å². The summed E-state index contributed by atoms with van der Waals surface area (Å²) in [5.74, 6) is -5.04. The molecule has 0 aliphatic carbocycles. The predicted octanol–water partition coefficient (Wildman–Crippen LogP) is 5.92. The quantitative estimate of drug-likeness (QED) is 0.117. The number of hydrogen-bond acceptors (Lipinski definition) is 10. The molecule has 5 amide bonds. The number of aromatic nitrogens is 2. The third-order valence-corrected chi connectivity index (χ3v) is 12.5. The fraction of sp³-hybridized carbons (Fsp3) is 0.348. The standard InChI is InChI=1S/C46H45F3N8O6/c1-55(24-27-20-35-41(36(49)21-27)46(62)57(45(35)61)39-6-7-40(58)51-44(39)60)31-8-12-56(13-9-31)32-3-4-33(38(23-32)50-30-10-14-63-15-11-30)43(59)52-42-34-19-25(2-5-37(34)53-54-42)16-26-17-28(47)22-29(48)18-26/h2-5,17-23,30-31,39,50H,6-16,24H2,1H3,(H,51,58,60)(H2,52,53,54,59). The molecular weight excluding hydrogens is 818 g/mol. The number of piperidine rings is 2. The molecule has 1 unspecified atom stereocenters. The Bertz CT molecular complexity index is 2640. The van der Waals surface area contributed by atoms with E-state index < -0.39 is 47.1 Å². The summed E-state index contributed by atoms with van der Waals surface area (Å²) in [7, 11) is 1.94. The molecular formula is C46H45F3N8O6. The number of rotatable bonds is 11. The lowest BCUT2D eigenvalue weighted by atomic mass is 10.00. The Kier molecular flexibility index (Phi) is 11.5. The molecule has 4 aliphatic rings. The summed E-state index contributed by atoms with van der Waals surface area (Å²) in [5.41, 5.74) is 4.07. The highest BCUT2D eigenvalue weighted by Crippen LogP contribution is 2.33. The van der Waals surface area contributed by atoms with Crippen LogP contribution < -0.4 is 20.9 Å². The fourth-order valence-corrected chi connectivity index (χ4v) is 9.17. The topological polar surface area (TPSA) is 169 Å². The summed E-state index contributed by atoms with van der Waals surface area (Å²) >= 11 is 0. The summed E-state index contributed by atoms with van der Waals surface area (Å²) in [6.45, 7) is 2.94. The van der Waals surface area contributed by atoms with Gasteiger partial charge in [-0.3, -0.25) is 44.2 Å². The van der Waals surface area contributed by atoms with E-state index in [0.717, 1.165) is 47.9 Å². The van der Waals surface area contributed by atoms with E-state index in [0.29, 0.717) is 71.9 Å². The molecule has 1 atom stereocenters. The Labute approximate surface area is 360 Å². The second kappa shape index (κ2) is 17.3. The van der Waals surface area contributed by atoms with Crippen LogP contribution in [0.3, 0.4) is 0 Å². The molecule has 326 valence electrons. The first-order valence-corrected chi connectivity index (χ1v) is 21.1. The van der Waals surface area contributed by atoms with Crippen molar-refractivity contribution in [2.45, 2.75) is 69.6 Å². The zero-order chi connectivity index (χ0) is 43.9. The molecule has 14 nitrogen and oxygen atoms in total. The molecule has 4 aromatic carbocycles. The van der Waals surface area contributed by atoms with E-state index in [1.54, 1.807) is 6.07 Å². The summed E-state index contributed by atoms with van der Waals surface area (Å²) in [4.78, 5) is 69.9. The van der Waals surface area contributed by atoms with Crippen LogP contribution in [0.5, 0.6) is 0 Å². The van der Waals surface area contributed by atoms with Crippen LogP contribution in [0.15, 0.2) is 66.7 Å². The SMILES string of the molecule is CN(Cc1cc(F)c2c(c1)C(=O)N(C1CCC(=O)NC1=O)C2=O)C1CCN(c2ccc(C(=O)Nc3n[nH]c4ccc(Cc5cc(F)cc(F)c5)cc34)c(NC3CCOCC3)c2)CC1. The Morgan fingerprint density at radius 1 is 0.857 bits per heavy atom. The second-order valence-electron chi connectivity index (χ2n) is 16.7. The van der Waals surface area contributed by atoms with Crippen molar-refractivity contribution < 1.29 is 41.9 Å². The highest BCUT2D eigenvalue weighted by Gasteiger charge is 2.46. The van der Waals surface area contributed by atoms with Crippen molar-refractivity contribution in [3.05, 3.63) is 118 Å². The van der Waals surface area contributed by atoms with E-state index in [1.807, 2.05) is 37.4 Å². The maximum atomic E-state index is 15.5. The Hall–Kier alpha value is -6.59. The molecule has 0 spiro atoms. The van der Waals surface area contributed by atoms with Crippen LogP contribution in [-0.4, -0.2) is 101 Å².